The number of guanidine groups is 1. The second-order valence-electron chi connectivity index (χ2n) is 7.33. The molecule has 3 heterocycles. The maximum absolute atomic E-state index is 13.2. The van der Waals surface area contributed by atoms with Gasteiger partial charge in [0.15, 0.2) is 11.6 Å². The lowest BCUT2D eigenvalue weighted by atomic mass is 10.2. The summed E-state index contributed by atoms with van der Waals surface area (Å²) in [4.78, 5) is 9.42. The Morgan fingerprint density at radius 1 is 1.07 bits per heavy atom. The molecule has 1 aliphatic heterocycles. The van der Waals surface area contributed by atoms with Crippen LogP contribution in [0.4, 0.5) is 10.1 Å². The molecule has 1 aromatic carbocycles. The summed E-state index contributed by atoms with van der Waals surface area (Å²) in [7, 11) is 0. The van der Waals surface area contributed by atoms with Crippen LogP contribution in [0, 0.1) is 5.82 Å². The minimum Gasteiger partial charge on any atom is -0.368 e. The average Bonchev–Trinajstić information content (AvgIpc) is 3.20. The lowest BCUT2D eigenvalue weighted by Crippen LogP contribution is -2.52. The molecule has 158 valence electrons. The second kappa shape index (κ2) is 9.56. The topological polar surface area (TPSA) is 61.1 Å². The molecule has 0 amide bonds. The van der Waals surface area contributed by atoms with Crippen molar-refractivity contribution in [3.05, 3.63) is 60.3 Å². The van der Waals surface area contributed by atoms with Crippen LogP contribution in [0.3, 0.4) is 0 Å². The van der Waals surface area contributed by atoms with E-state index in [1.165, 1.54) is 12.1 Å². The molecule has 0 radical (unpaired) electrons. The van der Waals surface area contributed by atoms with Crippen LogP contribution in [0.5, 0.6) is 0 Å². The van der Waals surface area contributed by atoms with E-state index in [-0.39, 0.29) is 5.82 Å². The van der Waals surface area contributed by atoms with Crippen LogP contribution in [0.1, 0.15) is 19.2 Å². The minimum atomic E-state index is -0.196. The van der Waals surface area contributed by atoms with E-state index in [1.807, 2.05) is 40.9 Å². The van der Waals surface area contributed by atoms with Crippen LogP contribution in [-0.4, -0.2) is 64.7 Å². The summed E-state index contributed by atoms with van der Waals surface area (Å²) in [6.07, 6.45) is 3.76. The summed E-state index contributed by atoms with van der Waals surface area (Å²) in [5, 5.41) is 11.9. The number of aryl methyl sites for hydroxylation is 1. The summed E-state index contributed by atoms with van der Waals surface area (Å²) in [6.45, 7) is 7.22. The highest BCUT2D eigenvalue weighted by Gasteiger charge is 2.19. The fourth-order valence-electron chi connectivity index (χ4n) is 3.74. The van der Waals surface area contributed by atoms with Crippen molar-refractivity contribution >= 4 is 17.3 Å². The molecule has 0 aliphatic carbocycles. The molecule has 0 saturated carbocycles. The number of piperazine rings is 1. The third kappa shape index (κ3) is 4.69. The van der Waals surface area contributed by atoms with Crippen molar-refractivity contribution in [1.29, 1.82) is 0 Å². The van der Waals surface area contributed by atoms with Crippen LogP contribution in [0.2, 0.25) is 0 Å². The molecule has 0 bridgehead atoms. The first-order valence-electron chi connectivity index (χ1n) is 10.6. The van der Waals surface area contributed by atoms with Crippen molar-refractivity contribution in [2.75, 3.05) is 44.2 Å². The first kappa shape index (κ1) is 20.1. The molecule has 7 nitrogen and oxygen atoms in total. The molecule has 0 spiro atoms. The zero-order chi connectivity index (χ0) is 20.8. The SMILES string of the molecule is CCNC(=NCCCc1nnc2ccccn12)N1CCN(c2ccc(F)cc2)CC1. The van der Waals surface area contributed by atoms with E-state index in [0.29, 0.717) is 0 Å². The van der Waals surface area contributed by atoms with Gasteiger partial charge in [-0.05, 0) is 49.7 Å². The van der Waals surface area contributed by atoms with E-state index in [9.17, 15) is 4.39 Å². The summed E-state index contributed by atoms with van der Waals surface area (Å²) in [5.74, 6) is 1.74. The fourth-order valence-corrected chi connectivity index (χ4v) is 3.74. The predicted molar refractivity (Wildman–Crippen MR) is 117 cm³/mol. The third-order valence-electron chi connectivity index (χ3n) is 5.31. The van der Waals surface area contributed by atoms with E-state index in [4.69, 9.17) is 4.99 Å². The Hall–Kier alpha value is -3.16. The first-order chi connectivity index (χ1) is 14.7. The lowest BCUT2D eigenvalue weighted by Gasteiger charge is -2.37. The first-order valence-corrected chi connectivity index (χ1v) is 10.6. The fraction of sp³-hybridized carbons (Fsp3) is 0.409. The molecule has 8 heteroatoms. The van der Waals surface area contributed by atoms with Crippen molar-refractivity contribution in [1.82, 2.24) is 24.8 Å². The molecule has 1 aliphatic rings. The summed E-state index contributed by atoms with van der Waals surface area (Å²) in [5.41, 5.74) is 1.95. The maximum atomic E-state index is 13.2. The van der Waals surface area contributed by atoms with Gasteiger partial charge in [-0.2, -0.15) is 0 Å². The van der Waals surface area contributed by atoms with Gasteiger partial charge in [-0.25, -0.2) is 4.39 Å². The molecule has 3 aromatic rings. The van der Waals surface area contributed by atoms with Gasteiger partial charge in [0.05, 0.1) is 0 Å². The van der Waals surface area contributed by atoms with E-state index in [1.54, 1.807) is 0 Å². The summed E-state index contributed by atoms with van der Waals surface area (Å²) in [6, 6.07) is 12.7. The number of nitrogens with zero attached hydrogens (tertiary/aromatic N) is 6. The molecule has 4 rings (SSSR count). The molecular formula is C22H28FN7. The zero-order valence-corrected chi connectivity index (χ0v) is 17.3. The number of benzene rings is 1. The number of rotatable bonds is 6. The molecule has 1 fully saturated rings. The van der Waals surface area contributed by atoms with Gasteiger partial charge < -0.3 is 15.1 Å². The molecular weight excluding hydrogens is 381 g/mol. The number of aromatic nitrogens is 3. The van der Waals surface area contributed by atoms with Crippen molar-refractivity contribution in [3.8, 4) is 0 Å². The quantitative estimate of drug-likeness (QED) is 0.385. The number of hydrogen-bond acceptors (Lipinski definition) is 4. The normalized spacial score (nSPS) is 15.1. The van der Waals surface area contributed by atoms with Gasteiger partial charge in [-0.15, -0.1) is 10.2 Å². The number of pyridine rings is 1. The number of nitrogens with one attached hydrogen (secondary N) is 1. The molecule has 1 saturated heterocycles. The smallest absolute Gasteiger partial charge is 0.194 e. The second-order valence-corrected chi connectivity index (χ2v) is 7.33. The Labute approximate surface area is 176 Å². The Morgan fingerprint density at radius 2 is 1.87 bits per heavy atom. The highest BCUT2D eigenvalue weighted by Crippen LogP contribution is 2.17. The van der Waals surface area contributed by atoms with Gasteiger partial charge in [-0.3, -0.25) is 9.39 Å². The van der Waals surface area contributed by atoms with Gasteiger partial charge in [0, 0.05) is 57.6 Å². The van der Waals surface area contributed by atoms with E-state index in [2.05, 4.69) is 32.2 Å². The summed E-state index contributed by atoms with van der Waals surface area (Å²) < 4.78 is 15.2. The number of hydrogen-bond donors (Lipinski definition) is 1. The minimum absolute atomic E-state index is 0.196. The molecule has 0 unspecified atom stereocenters. The molecule has 30 heavy (non-hydrogen) atoms. The third-order valence-corrected chi connectivity index (χ3v) is 5.31. The Morgan fingerprint density at radius 3 is 2.63 bits per heavy atom. The van der Waals surface area contributed by atoms with Crippen molar-refractivity contribution in [2.45, 2.75) is 19.8 Å². The van der Waals surface area contributed by atoms with Crippen molar-refractivity contribution in [3.63, 3.8) is 0 Å². The van der Waals surface area contributed by atoms with E-state index < -0.39 is 0 Å². The highest BCUT2D eigenvalue weighted by molar-refractivity contribution is 5.80. The van der Waals surface area contributed by atoms with Crippen molar-refractivity contribution in [2.24, 2.45) is 4.99 Å². The molecule has 0 atom stereocenters. The summed E-state index contributed by atoms with van der Waals surface area (Å²) >= 11 is 0. The number of aliphatic imine (C=N–C) groups is 1. The number of fused-ring (bicyclic) bond motifs is 1. The van der Waals surface area contributed by atoms with E-state index >= 15 is 0 Å². The van der Waals surface area contributed by atoms with Crippen LogP contribution < -0.4 is 10.2 Å². The number of halogens is 1. The van der Waals surface area contributed by atoms with Crippen LogP contribution in [0.25, 0.3) is 5.65 Å². The van der Waals surface area contributed by atoms with Gasteiger partial charge >= 0.3 is 0 Å². The average molecular weight is 410 g/mol. The zero-order valence-electron chi connectivity index (χ0n) is 17.3. The van der Waals surface area contributed by atoms with Gasteiger partial charge in [0.2, 0.25) is 0 Å². The predicted octanol–water partition coefficient (Wildman–Crippen LogP) is 2.59. The Bertz CT molecular complexity index is 975. The molecule has 2 aromatic heterocycles. The Kier molecular flexibility index (Phi) is 6.41. The lowest BCUT2D eigenvalue weighted by molar-refractivity contribution is 0.372. The van der Waals surface area contributed by atoms with E-state index in [0.717, 1.165) is 75.2 Å². The standard InChI is InChI=1S/C22H28FN7/c1-2-24-22(25-12-5-7-21-27-26-20-6-3-4-13-30(20)21)29-16-14-28(15-17-29)19-10-8-18(23)9-11-19/h3-4,6,8-11,13H,2,5,7,12,14-17H2,1H3,(H,24,25). The number of anilines is 1. The monoisotopic (exact) mass is 409 g/mol. The van der Waals surface area contributed by atoms with Crippen LogP contribution in [-0.2, 0) is 6.42 Å². The van der Waals surface area contributed by atoms with Crippen LogP contribution in [0.15, 0.2) is 53.7 Å². The van der Waals surface area contributed by atoms with Gasteiger partial charge in [0.1, 0.15) is 11.6 Å². The van der Waals surface area contributed by atoms with Crippen LogP contribution >= 0.6 is 0 Å². The Balaban J connectivity index is 1.31. The van der Waals surface area contributed by atoms with Gasteiger partial charge in [-0.1, -0.05) is 6.07 Å². The van der Waals surface area contributed by atoms with Gasteiger partial charge in [0.25, 0.3) is 0 Å². The van der Waals surface area contributed by atoms with Crippen molar-refractivity contribution < 1.29 is 4.39 Å². The maximum Gasteiger partial charge on any atom is 0.194 e. The largest absolute Gasteiger partial charge is 0.368 e. The highest BCUT2D eigenvalue weighted by atomic mass is 19.1. The molecule has 1 N–H and O–H groups in total.